The molecule has 7 nitrogen and oxygen atoms in total. The highest BCUT2D eigenvalue weighted by Gasteiger charge is 2.25. The van der Waals surface area contributed by atoms with Crippen molar-refractivity contribution in [3.63, 3.8) is 0 Å². The summed E-state index contributed by atoms with van der Waals surface area (Å²) in [6.07, 6.45) is 9.39. The number of nitrogens with two attached hydrogens (primary N) is 2. The molecule has 2 aliphatic rings. The van der Waals surface area contributed by atoms with E-state index >= 15 is 0 Å². The average molecular weight is 449 g/mol. The number of fused-ring (bicyclic) bond motifs is 1. The number of likely N-dealkylation sites (N-methyl/N-ethyl adjacent to an activating group) is 1. The molecule has 33 heavy (non-hydrogen) atoms. The molecule has 0 aliphatic carbocycles. The maximum atomic E-state index is 12.4. The number of nitrogens with zero attached hydrogens (tertiary/aromatic N) is 3. The molecule has 2 aromatic rings. The SMILES string of the molecule is CC(C)c1c(C2=C/C(=C/N)N(N)C=C2)[nH]c2ccc(C3CCN(C(=O)CN(C)C)CC3)cc12. The maximum absolute atomic E-state index is 12.4. The summed E-state index contributed by atoms with van der Waals surface area (Å²) in [6, 6.07) is 6.80. The first-order valence-electron chi connectivity index (χ1n) is 11.7. The smallest absolute Gasteiger partial charge is 0.236 e. The van der Waals surface area contributed by atoms with Crippen LogP contribution in [0.15, 0.2) is 48.4 Å². The number of benzene rings is 1. The van der Waals surface area contributed by atoms with Crippen molar-refractivity contribution in [2.75, 3.05) is 33.7 Å². The van der Waals surface area contributed by atoms with Gasteiger partial charge < -0.3 is 20.5 Å². The lowest BCUT2D eigenvalue weighted by atomic mass is 9.87. The first-order valence-corrected chi connectivity index (χ1v) is 11.7. The van der Waals surface area contributed by atoms with Crippen molar-refractivity contribution in [1.82, 2.24) is 19.8 Å². The molecule has 4 rings (SSSR count). The van der Waals surface area contributed by atoms with Gasteiger partial charge in [0.25, 0.3) is 0 Å². The van der Waals surface area contributed by atoms with Gasteiger partial charge in [-0.05, 0) is 74.2 Å². The van der Waals surface area contributed by atoms with Crippen LogP contribution in [0.25, 0.3) is 16.5 Å². The van der Waals surface area contributed by atoms with E-state index < -0.39 is 0 Å². The Morgan fingerprint density at radius 2 is 2.00 bits per heavy atom. The summed E-state index contributed by atoms with van der Waals surface area (Å²) in [5.74, 6) is 7.02. The lowest BCUT2D eigenvalue weighted by Crippen LogP contribution is -2.42. The van der Waals surface area contributed by atoms with Crippen LogP contribution in [0, 0.1) is 0 Å². The Kier molecular flexibility index (Phi) is 6.63. The topological polar surface area (TPSA) is 94.6 Å². The van der Waals surface area contributed by atoms with Gasteiger partial charge in [0.2, 0.25) is 5.91 Å². The second-order valence-corrected chi connectivity index (χ2v) is 9.68. The van der Waals surface area contributed by atoms with E-state index in [1.54, 1.807) is 0 Å². The number of nitrogens with one attached hydrogen (secondary N) is 1. The van der Waals surface area contributed by atoms with Gasteiger partial charge in [-0.25, -0.2) is 5.84 Å². The lowest BCUT2D eigenvalue weighted by Gasteiger charge is -2.33. The van der Waals surface area contributed by atoms with Crippen LogP contribution in [0.1, 0.15) is 55.3 Å². The second-order valence-electron chi connectivity index (χ2n) is 9.68. The molecule has 3 heterocycles. The normalized spacial score (nSPS) is 18.8. The number of carbonyl (C=O) groups is 1. The van der Waals surface area contributed by atoms with Crippen LogP contribution in [0.2, 0.25) is 0 Å². The summed E-state index contributed by atoms with van der Waals surface area (Å²) in [5, 5.41) is 2.79. The van der Waals surface area contributed by atoms with Crippen LogP contribution in [0.3, 0.4) is 0 Å². The summed E-state index contributed by atoms with van der Waals surface area (Å²) in [5.41, 5.74) is 12.5. The quantitative estimate of drug-likeness (QED) is 0.609. The van der Waals surface area contributed by atoms with E-state index in [4.69, 9.17) is 11.6 Å². The second kappa shape index (κ2) is 9.45. The fourth-order valence-corrected chi connectivity index (χ4v) is 4.96. The van der Waals surface area contributed by atoms with Crippen LogP contribution < -0.4 is 11.6 Å². The minimum Gasteiger partial charge on any atom is -0.403 e. The molecule has 2 aliphatic heterocycles. The van der Waals surface area contributed by atoms with Gasteiger partial charge in [0.05, 0.1) is 17.9 Å². The predicted molar refractivity (Wildman–Crippen MR) is 135 cm³/mol. The van der Waals surface area contributed by atoms with E-state index in [0.29, 0.717) is 18.4 Å². The van der Waals surface area contributed by atoms with Gasteiger partial charge in [-0.3, -0.25) is 9.80 Å². The number of allylic oxidation sites excluding steroid dienone is 3. The molecule has 0 atom stereocenters. The standard InChI is InChI=1S/C26H36N6O/c1-17(2)25-22-14-19(18-7-10-31(11-8-18)24(33)16-30(3)4)5-6-23(22)29-26(25)20-9-12-32(28)21(13-20)15-27/h5-6,9,12-15,17-18,29H,7-8,10-11,16,27-28H2,1-4H3/b21-15-. The largest absolute Gasteiger partial charge is 0.403 e. The third-order valence-electron chi connectivity index (χ3n) is 6.69. The van der Waals surface area contributed by atoms with Gasteiger partial charge in [-0.15, -0.1) is 0 Å². The van der Waals surface area contributed by atoms with Crippen LogP contribution in [0.5, 0.6) is 0 Å². The van der Waals surface area contributed by atoms with Crippen molar-refractivity contribution in [2.45, 2.75) is 38.5 Å². The van der Waals surface area contributed by atoms with Gasteiger partial charge in [-0.1, -0.05) is 19.9 Å². The fraction of sp³-hybridized carbons (Fsp3) is 0.423. The molecule has 1 saturated heterocycles. The highest BCUT2D eigenvalue weighted by Crippen LogP contribution is 2.38. The molecule has 0 bridgehead atoms. The molecule has 1 fully saturated rings. The van der Waals surface area contributed by atoms with Crippen LogP contribution in [-0.2, 0) is 4.79 Å². The van der Waals surface area contributed by atoms with E-state index in [9.17, 15) is 4.79 Å². The monoisotopic (exact) mass is 448 g/mol. The third kappa shape index (κ3) is 4.70. The minimum absolute atomic E-state index is 0.224. The van der Waals surface area contributed by atoms with E-state index in [2.05, 4.69) is 37.0 Å². The van der Waals surface area contributed by atoms with Crippen LogP contribution in [0.4, 0.5) is 0 Å². The number of hydrogen-bond donors (Lipinski definition) is 3. The Labute approximate surface area is 196 Å². The van der Waals surface area contributed by atoms with Gasteiger partial charge in [-0.2, -0.15) is 0 Å². The molecule has 0 unspecified atom stereocenters. The molecule has 0 radical (unpaired) electrons. The van der Waals surface area contributed by atoms with Crippen LogP contribution in [-0.4, -0.2) is 59.4 Å². The summed E-state index contributed by atoms with van der Waals surface area (Å²) in [6.45, 7) is 6.59. The van der Waals surface area contributed by atoms with Crippen molar-refractivity contribution in [2.24, 2.45) is 11.6 Å². The van der Waals surface area contributed by atoms with E-state index in [1.807, 2.05) is 42.2 Å². The summed E-state index contributed by atoms with van der Waals surface area (Å²) >= 11 is 0. The molecular formula is C26H36N6O. The zero-order valence-corrected chi connectivity index (χ0v) is 20.1. The van der Waals surface area contributed by atoms with Gasteiger partial charge >= 0.3 is 0 Å². The predicted octanol–water partition coefficient (Wildman–Crippen LogP) is 3.45. The minimum atomic E-state index is 0.224. The molecule has 1 aromatic heterocycles. The van der Waals surface area contributed by atoms with E-state index in [-0.39, 0.29) is 5.91 Å². The zero-order valence-electron chi connectivity index (χ0n) is 20.1. The first kappa shape index (κ1) is 23.1. The van der Waals surface area contributed by atoms with E-state index in [0.717, 1.165) is 48.4 Å². The Morgan fingerprint density at radius 1 is 1.27 bits per heavy atom. The lowest BCUT2D eigenvalue weighted by molar-refractivity contribution is -0.132. The third-order valence-corrected chi connectivity index (χ3v) is 6.69. The molecule has 5 N–H and O–H groups in total. The summed E-state index contributed by atoms with van der Waals surface area (Å²) < 4.78 is 0. The van der Waals surface area contributed by atoms with Crippen molar-refractivity contribution in [3.8, 4) is 0 Å². The van der Waals surface area contributed by atoms with E-state index in [1.165, 1.54) is 27.7 Å². The number of aromatic amines is 1. The van der Waals surface area contributed by atoms with Gasteiger partial charge in [0, 0.05) is 42.0 Å². The number of aromatic nitrogens is 1. The average Bonchev–Trinajstić information content (AvgIpc) is 3.18. The number of likely N-dealkylation sites (tertiary alicyclic amines) is 1. The Bertz CT molecular complexity index is 1120. The Balaban J connectivity index is 1.62. The number of hydrazine groups is 1. The number of amides is 1. The first-order chi connectivity index (χ1) is 15.8. The zero-order chi connectivity index (χ0) is 23.7. The molecule has 0 spiro atoms. The molecule has 1 aromatic carbocycles. The highest BCUT2D eigenvalue weighted by molar-refractivity contribution is 5.92. The molecule has 0 saturated carbocycles. The Hall–Kier alpha value is -3.03. The number of hydrogen-bond acceptors (Lipinski definition) is 5. The number of H-pyrrole nitrogens is 1. The number of rotatable bonds is 5. The van der Waals surface area contributed by atoms with Crippen LogP contribution >= 0.6 is 0 Å². The highest BCUT2D eigenvalue weighted by atomic mass is 16.2. The molecule has 1 amide bonds. The van der Waals surface area contributed by atoms with Gasteiger partial charge in [0.1, 0.15) is 0 Å². The van der Waals surface area contributed by atoms with Crippen molar-refractivity contribution < 1.29 is 4.79 Å². The fourth-order valence-electron chi connectivity index (χ4n) is 4.96. The molecule has 7 heteroatoms. The van der Waals surface area contributed by atoms with Gasteiger partial charge in [0.15, 0.2) is 0 Å². The summed E-state index contributed by atoms with van der Waals surface area (Å²) in [4.78, 5) is 20.0. The van der Waals surface area contributed by atoms with Crippen molar-refractivity contribution >= 4 is 22.4 Å². The maximum Gasteiger partial charge on any atom is 0.236 e. The van der Waals surface area contributed by atoms with Crippen molar-refractivity contribution in [1.29, 1.82) is 0 Å². The van der Waals surface area contributed by atoms with Crippen molar-refractivity contribution in [3.05, 3.63) is 65.3 Å². The number of piperidine rings is 1. The molecule has 176 valence electrons. The molecular weight excluding hydrogens is 412 g/mol. The Morgan fingerprint density at radius 3 is 2.64 bits per heavy atom. The number of carbonyl (C=O) groups excluding carboxylic acids is 1. The summed E-state index contributed by atoms with van der Waals surface area (Å²) in [7, 11) is 3.88.